The van der Waals surface area contributed by atoms with Crippen molar-refractivity contribution in [3.05, 3.63) is 65.7 Å². The number of benzene rings is 2. The molecule has 21 heavy (non-hydrogen) atoms. The van der Waals surface area contributed by atoms with Crippen molar-refractivity contribution in [2.24, 2.45) is 0 Å². The number of methoxy groups -OCH3 is 1. The number of nitrogens with one attached hydrogen (secondary N) is 1. The van der Waals surface area contributed by atoms with E-state index in [-0.39, 0.29) is 12.1 Å². The summed E-state index contributed by atoms with van der Waals surface area (Å²) in [7, 11) is 1.74. The van der Waals surface area contributed by atoms with E-state index in [9.17, 15) is 0 Å². The van der Waals surface area contributed by atoms with Crippen LogP contribution in [0, 0.1) is 0 Å². The molecule has 3 heteroatoms. The van der Waals surface area contributed by atoms with E-state index in [1.807, 2.05) is 18.2 Å². The first-order chi connectivity index (χ1) is 10.4. The molecule has 2 unspecified atom stereocenters. The lowest BCUT2D eigenvalue weighted by Gasteiger charge is -2.20. The van der Waals surface area contributed by atoms with Gasteiger partial charge < -0.3 is 14.8 Å². The van der Waals surface area contributed by atoms with Crippen LogP contribution in [0.3, 0.4) is 0 Å². The zero-order valence-corrected chi connectivity index (χ0v) is 12.3. The molecule has 0 spiro atoms. The van der Waals surface area contributed by atoms with E-state index in [1.54, 1.807) is 7.11 Å². The summed E-state index contributed by atoms with van der Waals surface area (Å²) in [5, 5.41) is 3.56. The van der Waals surface area contributed by atoms with E-state index in [0.29, 0.717) is 6.61 Å². The lowest BCUT2D eigenvalue weighted by molar-refractivity contribution is 0.154. The zero-order chi connectivity index (χ0) is 14.5. The number of para-hydroxylation sites is 1. The molecule has 0 saturated carbocycles. The van der Waals surface area contributed by atoms with Gasteiger partial charge in [-0.1, -0.05) is 48.5 Å². The molecular weight excluding hydrogens is 262 g/mol. The molecule has 0 saturated heterocycles. The van der Waals surface area contributed by atoms with Crippen molar-refractivity contribution in [3.8, 4) is 5.75 Å². The Morgan fingerprint density at radius 3 is 2.67 bits per heavy atom. The molecular formula is C18H21NO2. The highest BCUT2D eigenvalue weighted by atomic mass is 16.5. The van der Waals surface area contributed by atoms with Crippen LogP contribution in [0.5, 0.6) is 5.75 Å². The van der Waals surface area contributed by atoms with Gasteiger partial charge >= 0.3 is 0 Å². The van der Waals surface area contributed by atoms with Crippen LogP contribution in [0.4, 0.5) is 0 Å². The maximum Gasteiger partial charge on any atom is 0.123 e. The molecule has 0 bridgehead atoms. The summed E-state index contributed by atoms with van der Waals surface area (Å²) in [4.78, 5) is 0. The van der Waals surface area contributed by atoms with Crippen molar-refractivity contribution in [1.82, 2.24) is 5.32 Å². The first-order valence-electron chi connectivity index (χ1n) is 7.38. The predicted molar refractivity (Wildman–Crippen MR) is 83.6 cm³/mol. The van der Waals surface area contributed by atoms with Gasteiger partial charge in [-0.2, -0.15) is 0 Å². The van der Waals surface area contributed by atoms with Crippen LogP contribution < -0.4 is 10.1 Å². The van der Waals surface area contributed by atoms with Crippen LogP contribution in [0.1, 0.15) is 17.2 Å². The summed E-state index contributed by atoms with van der Waals surface area (Å²) >= 11 is 0. The highest BCUT2D eigenvalue weighted by molar-refractivity contribution is 5.37. The topological polar surface area (TPSA) is 30.5 Å². The Hall–Kier alpha value is -1.84. The fourth-order valence-electron chi connectivity index (χ4n) is 2.77. The van der Waals surface area contributed by atoms with Gasteiger partial charge in [0.2, 0.25) is 0 Å². The minimum Gasteiger partial charge on any atom is -0.488 e. The third kappa shape index (κ3) is 3.43. The second kappa shape index (κ2) is 6.74. The Morgan fingerprint density at radius 1 is 1.14 bits per heavy atom. The van der Waals surface area contributed by atoms with E-state index in [4.69, 9.17) is 9.47 Å². The van der Waals surface area contributed by atoms with Gasteiger partial charge in [-0.3, -0.25) is 0 Å². The van der Waals surface area contributed by atoms with Crippen LogP contribution >= 0.6 is 0 Å². The molecule has 0 fully saturated rings. The van der Waals surface area contributed by atoms with E-state index in [1.165, 1.54) is 11.1 Å². The number of rotatable bonds is 6. The number of hydrogen-bond donors (Lipinski definition) is 1. The van der Waals surface area contributed by atoms with Crippen LogP contribution in [0.2, 0.25) is 0 Å². The second-order valence-electron chi connectivity index (χ2n) is 5.38. The Balaban J connectivity index is 1.59. The largest absolute Gasteiger partial charge is 0.488 e. The first kappa shape index (κ1) is 14.1. The number of fused-ring (bicyclic) bond motifs is 1. The summed E-state index contributed by atoms with van der Waals surface area (Å²) < 4.78 is 11.3. The maximum atomic E-state index is 5.97. The summed E-state index contributed by atoms with van der Waals surface area (Å²) in [5.41, 5.74) is 2.54. The standard InChI is InChI=1S/C18H21NO2/c1-20-13-17(14-7-3-2-4-8-14)19-12-16-11-15-9-5-6-10-18(15)21-16/h2-10,16-17,19H,11-13H2,1H3. The molecule has 2 aromatic carbocycles. The van der Waals surface area contributed by atoms with Gasteiger partial charge in [0.05, 0.1) is 12.6 Å². The van der Waals surface area contributed by atoms with E-state index in [0.717, 1.165) is 18.7 Å². The van der Waals surface area contributed by atoms with Gasteiger partial charge in [-0.05, 0) is 17.2 Å². The summed E-state index contributed by atoms with van der Waals surface area (Å²) in [5.74, 6) is 1.02. The van der Waals surface area contributed by atoms with E-state index in [2.05, 4.69) is 41.7 Å². The van der Waals surface area contributed by atoms with Crippen LogP contribution in [-0.2, 0) is 11.2 Å². The van der Waals surface area contributed by atoms with Crippen LogP contribution in [0.25, 0.3) is 0 Å². The van der Waals surface area contributed by atoms with Gasteiger partial charge in [-0.15, -0.1) is 0 Å². The molecule has 110 valence electrons. The van der Waals surface area contributed by atoms with Crippen molar-refractivity contribution < 1.29 is 9.47 Å². The minimum absolute atomic E-state index is 0.198. The zero-order valence-electron chi connectivity index (χ0n) is 12.3. The predicted octanol–water partition coefficient (Wildman–Crippen LogP) is 2.97. The first-order valence-corrected chi connectivity index (χ1v) is 7.38. The third-order valence-corrected chi connectivity index (χ3v) is 3.84. The molecule has 1 aliphatic rings. The molecule has 3 nitrogen and oxygen atoms in total. The average molecular weight is 283 g/mol. The van der Waals surface area contributed by atoms with Crippen LogP contribution in [-0.4, -0.2) is 26.4 Å². The summed E-state index contributed by atoms with van der Waals surface area (Å²) in [6, 6.07) is 18.9. The van der Waals surface area contributed by atoms with Crippen molar-refractivity contribution in [3.63, 3.8) is 0 Å². The lowest BCUT2D eigenvalue weighted by atomic mass is 10.1. The fraction of sp³-hybridized carbons (Fsp3) is 0.333. The van der Waals surface area contributed by atoms with Crippen molar-refractivity contribution in [2.45, 2.75) is 18.6 Å². The SMILES string of the molecule is COCC(NCC1Cc2ccccc2O1)c1ccccc1. The molecule has 0 radical (unpaired) electrons. The Morgan fingerprint density at radius 2 is 1.90 bits per heavy atom. The maximum absolute atomic E-state index is 5.97. The molecule has 1 N–H and O–H groups in total. The summed E-state index contributed by atoms with van der Waals surface area (Å²) in [6.45, 7) is 1.47. The van der Waals surface area contributed by atoms with Gasteiger partial charge in [0.25, 0.3) is 0 Å². The third-order valence-electron chi connectivity index (χ3n) is 3.84. The minimum atomic E-state index is 0.198. The van der Waals surface area contributed by atoms with Gasteiger partial charge in [0.1, 0.15) is 11.9 Å². The van der Waals surface area contributed by atoms with E-state index >= 15 is 0 Å². The van der Waals surface area contributed by atoms with Crippen LogP contribution in [0.15, 0.2) is 54.6 Å². The monoisotopic (exact) mass is 283 g/mol. The Kier molecular flexibility index (Phi) is 4.53. The van der Waals surface area contributed by atoms with Gasteiger partial charge in [0, 0.05) is 20.1 Å². The molecule has 1 aliphatic heterocycles. The smallest absolute Gasteiger partial charge is 0.123 e. The molecule has 0 amide bonds. The average Bonchev–Trinajstić information content (AvgIpc) is 2.95. The molecule has 1 heterocycles. The fourth-order valence-corrected chi connectivity index (χ4v) is 2.77. The molecule has 2 atom stereocenters. The Bertz CT molecular complexity index is 545. The molecule has 2 aromatic rings. The number of hydrogen-bond acceptors (Lipinski definition) is 3. The van der Waals surface area contributed by atoms with E-state index < -0.39 is 0 Å². The quantitative estimate of drug-likeness (QED) is 0.884. The Labute approximate surface area is 125 Å². The van der Waals surface area contributed by atoms with Crippen molar-refractivity contribution >= 4 is 0 Å². The normalized spacial score (nSPS) is 18.0. The summed E-state index contributed by atoms with van der Waals surface area (Å²) in [6.07, 6.45) is 1.17. The van der Waals surface area contributed by atoms with Gasteiger partial charge in [-0.25, -0.2) is 0 Å². The highest BCUT2D eigenvalue weighted by Gasteiger charge is 2.23. The number of ether oxygens (including phenoxy) is 2. The molecule has 3 rings (SSSR count). The second-order valence-corrected chi connectivity index (χ2v) is 5.38. The molecule has 0 aliphatic carbocycles. The highest BCUT2D eigenvalue weighted by Crippen LogP contribution is 2.28. The van der Waals surface area contributed by atoms with Gasteiger partial charge in [0.15, 0.2) is 0 Å². The van der Waals surface area contributed by atoms with Crippen molar-refractivity contribution in [1.29, 1.82) is 0 Å². The lowest BCUT2D eigenvalue weighted by Crippen LogP contribution is -2.34. The molecule has 0 aromatic heterocycles. The van der Waals surface area contributed by atoms with Crippen molar-refractivity contribution in [2.75, 3.05) is 20.3 Å².